The molecule has 0 saturated heterocycles. The van der Waals surface area contributed by atoms with Crippen molar-refractivity contribution in [3.05, 3.63) is 64.1 Å². The van der Waals surface area contributed by atoms with Crippen molar-refractivity contribution < 1.29 is 9.53 Å². The van der Waals surface area contributed by atoms with E-state index in [0.29, 0.717) is 21.4 Å². The van der Waals surface area contributed by atoms with Gasteiger partial charge in [-0.15, -0.1) is 0 Å². The summed E-state index contributed by atoms with van der Waals surface area (Å²) < 4.78 is 5.57. The molecule has 2 aromatic carbocycles. The molecule has 98 valence electrons. The molecule has 0 aromatic heterocycles. The van der Waals surface area contributed by atoms with E-state index in [1.54, 1.807) is 37.3 Å². The average Bonchev–Trinajstić information content (AvgIpc) is 2.39. The van der Waals surface area contributed by atoms with E-state index in [-0.39, 0.29) is 5.78 Å². The summed E-state index contributed by atoms with van der Waals surface area (Å²) in [6.07, 6.45) is -0.610. The molecule has 0 N–H and O–H groups in total. The summed E-state index contributed by atoms with van der Waals surface area (Å²) in [5.41, 5.74) is 0.412. The van der Waals surface area contributed by atoms with Crippen molar-refractivity contribution >= 4 is 29.0 Å². The lowest BCUT2D eigenvalue weighted by atomic mass is 10.1. The number of benzene rings is 2. The summed E-state index contributed by atoms with van der Waals surface area (Å²) in [4.78, 5) is 12.2. The number of hydrogen-bond donors (Lipinski definition) is 0. The Hall–Kier alpha value is -1.51. The van der Waals surface area contributed by atoms with Crippen LogP contribution in [0.3, 0.4) is 0 Å². The Labute approximate surface area is 121 Å². The lowest BCUT2D eigenvalue weighted by Crippen LogP contribution is -2.24. The molecule has 0 fully saturated rings. The lowest BCUT2D eigenvalue weighted by molar-refractivity contribution is 0.0818. The number of rotatable bonds is 4. The molecule has 1 atom stereocenters. The number of ketones is 1. The van der Waals surface area contributed by atoms with E-state index < -0.39 is 6.10 Å². The molecule has 4 heteroatoms. The maximum Gasteiger partial charge on any atom is 0.204 e. The molecular weight excluding hydrogens is 283 g/mol. The first kappa shape index (κ1) is 13.9. The van der Waals surface area contributed by atoms with Crippen LogP contribution in [0.15, 0.2) is 48.5 Å². The molecule has 19 heavy (non-hydrogen) atoms. The Morgan fingerprint density at radius 1 is 1.11 bits per heavy atom. The number of carbonyl (C=O) groups excluding carboxylic acids is 1. The monoisotopic (exact) mass is 294 g/mol. The molecule has 0 radical (unpaired) electrons. The van der Waals surface area contributed by atoms with Crippen LogP contribution >= 0.6 is 23.2 Å². The van der Waals surface area contributed by atoms with E-state index in [2.05, 4.69) is 0 Å². The van der Waals surface area contributed by atoms with Crippen molar-refractivity contribution in [2.45, 2.75) is 13.0 Å². The fourth-order valence-electron chi connectivity index (χ4n) is 1.66. The zero-order valence-electron chi connectivity index (χ0n) is 10.3. The summed E-state index contributed by atoms with van der Waals surface area (Å²) in [7, 11) is 0. The van der Waals surface area contributed by atoms with Crippen molar-refractivity contribution in [1.82, 2.24) is 0 Å². The fraction of sp³-hybridized carbons (Fsp3) is 0.133. The van der Waals surface area contributed by atoms with E-state index in [4.69, 9.17) is 27.9 Å². The highest BCUT2D eigenvalue weighted by Crippen LogP contribution is 2.23. The van der Waals surface area contributed by atoms with E-state index in [9.17, 15) is 4.79 Å². The molecule has 0 amide bonds. The Kier molecular flexibility index (Phi) is 4.46. The molecule has 0 aliphatic rings. The maximum absolute atomic E-state index is 12.2. The summed E-state index contributed by atoms with van der Waals surface area (Å²) in [5.74, 6) is 0.471. The zero-order chi connectivity index (χ0) is 13.8. The highest BCUT2D eigenvalue weighted by Gasteiger charge is 2.19. The predicted molar refractivity (Wildman–Crippen MR) is 77.3 cm³/mol. The predicted octanol–water partition coefficient (Wildman–Crippen LogP) is 4.64. The first-order valence-electron chi connectivity index (χ1n) is 5.79. The van der Waals surface area contributed by atoms with Crippen LogP contribution in [0.1, 0.15) is 17.3 Å². The molecule has 2 nitrogen and oxygen atoms in total. The largest absolute Gasteiger partial charge is 0.483 e. The Morgan fingerprint density at radius 3 is 2.42 bits per heavy atom. The van der Waals surface area contributed by atoms with Crippen LogP contribution in [0.2, 0.25) is 10.0 Å². The van der Waals surface area contributed by atoms with Crippen LogP contribution in [-0.4, -0.2) is 11.9 Å². The normalized spacial score (nSPS) is 11.9. The molecule has 2 rings (SSSR count). The molecule has 0 saturated carbocycles. The third-order valence-corrected chi connectivity index (χ3v) is 3.17. The van der Waals surface area contributed by atoms with Crippen LogP contribution in [0.4, 0.5) is 0 Å². The maximum atomic E-state index is 12.2. The molecular formula is C15H12Cl2O2. The van der Waals surface area contributed by atoms with Gasteiger partial charge in [0.25, 0.3) is 0 Å². The van der Waals surface area contributed by atoms with E-state index in [0.717, 1.165) is 0 Å². The number of para-hydroxylation sites is 1. The van der Waals surface area contributed by atoms with E-state index in [1.165, 1.54) is 0 Å². The van der Waals surface area contributed by atoms with Gasteiger partial charge in [0.05, 0.1) is 5.02 Å². The van der Waals surface area contributed by atoms with Crippen LogP contribution in [0, 0.1) is 0 Å². The Bertz CT molecular complexity index is 582. The third kappa shape index (κ3) is 3.49. The van der Waals surface area contributed by atoms with Gasteiger partial charge in [0.2, 0.25) is 5.78 Å². The third-order valence-electron chi connectivity index (χ3n) is 2.62. The van der Waals surface area contributed by atoms with Crippen LogP contribution in [0.25, 0.3) is 0 Å². The average molecular weight is 295 g/mol. The molecule has 0 spiro atoms. The summed E-state index contributed by atoms with van der Waals surface area (Å²) in [6.45, 7) is 1.69. The Balaban J connectivity index is 2.15. The van der Waals surface area contributed by atoms with Crippen molar-refractivity contribution in [3.8, 4) is 5.75 Å². The van der Waals surface area contributed by atoms with Gasteiger partial charge in [0.1, 0.15) is 5.75 Å². The van der Waals surface area contributed by atoms with Crippen molar-refractivity contribution in [3.63, 3.8) is 0 Å². The number of ether oxygens (including phenoxy) is 1. The number of carbonyl (C=O) groups is 1. The standard InChI is InChI=1S/C15H12Cl2O2/c1-10(19-12-5-3-2-4-6-12)15(18)13-8-7-11(16)9-14(13)17/h2-10H,1H3. The SMILES string of the molecule is CC(Oc1ccccc1)C(=O)c1ccc(Cl)cc1Cl. The van der Waals surface area contributed by atoms with Gasteiger partial charge in [-0.25, -0.2) is 0 Å². The molecule has 0 heterocycles. The van der Waals surface area contributed by atoms with Crippen LogP contribution in [0.5, 0.6) is 5.75 Å². The highest BCUT2D eigenvalue weighted by atomic mass is 35.5. The van der Waals surface area contributed by atoms with Gasteiger partial charge in [0, 0.05) is 10.6 Å². The summed E-state index contributed by atoms with van der Waals surface area (Å²) >= 11 is 11.8. The molecule has 2 aromatic rings. The van der Waals surface area contributed by atoms with Gasteiger partial charge in [-0.1, -0.05) is 41.4 Å². The van der Waals surface area contributed by atoms with E-state index in [1.807, 2.05) is 18.2 Å². The number of Topliss-reactive ketones (excluding diaryl/α,β-unsaturated/α-hetero) is 1. The van der Waals surface area contributed by atoms with Crippen molar-refractivity contribution in [2.75, 3.05) is 0 Å². The minimum absolute atomic E-state index is 0.175. The van der Waals surface area contributed by atoms with Gasteiger partial charge in [-0.2, -0.15) is 0 Å². The summed E-state index contributed by atoms with van der Waals surface area (Å²) in [6, 6.07) is 14.0. The van der Waals surface area contributed by atoms with Gasteiger partial charge >= 0.3 is 0 Å². The first-order valence-corrected chi connectivity index (χ1v) is 6.54. The van der Waals surface area contributed by atoms with Gasteiger partial charge < -0.3 is 4.74 Å². The molecule has 0 aliphatic heterocycles. The molecule has 0 bridgehead atoms. The fourth-order valence-corrected chi connectivity index (χ4v) is 2.17. The number of hydrogen-bond acceptors (Lipinski definition) is 2. The minimum Gasteiger partial charge on any atom is -0.483 e. The highest BCUT2D eigenvalue weighted by molar-refractivity contribution is 6.37. The second-order valence-electron chi connectivity index (χ2n) is 4.06. The van der Waals surface area contributed by atoms with Gasteiger partial charge in [0.15, 0.2) is 6.10 Å². The quantitative estimate of drug-likeness (QED) is 0.768. The number of halogens is 2. The molecule has 0 aliphatic carbocycles. The second-order valence-corrected chi connectivity index (χ2v) is 4.91. The van der Waals surface area contributed by atoms with Crippen LogP contribution in [-0.2, 0) is 0 Å². The smallest absolute Gasteiger partial charge is 0.204 e. The zero-order valence-corrected chi connectivity index (χ0v) is 11.8. The Morgan fingerprint density at radius 2 is 1.79 bits per heavy atom. The van der Waals surface area contributed by atoms with Crippen molar-refractivity contribution in [2.24, 2.45) is 0 Å². The minimum atomic E-state index is -0.610. The van der Waals surface area contributed by atoms with E-state index >= 15 is 0 Å². The van der Waals surface area contributed by atoms with Gasteiger partial charge in [-0.3, -0.25) is 4.79 Å². The second kappa shape index (κ2) is 6.09. The van der Waals surface area contributed by atoms with Gasteiger partial charge in [-0.05, 0) is 37.3 Å². The molecule has 1 unspecified atom stereocenters. The topological polar surface area (TPSA) is 26.3 Å². The first-order chi connectivity index (χ1) is 9.08. The lowest BCUT2D eigenvalue weighted by Gasteiger charge is -2.14. The van der Waals surface area contributed by atoms with Crippen LogP contribution < -0.4 is 4.74 Å². The summed E-state index contributed by atoms with van der Waals surface area (Å²) in [5, 5.41) is 0.833. The van der Waals surface area contributed by atoms with Crippen molar-refractivity contribution in [1.29, 1.82) is 0 Å².